The highest BCUT2D eigenvalue weighted by atomic mass is 35.5. The van der Waals surface area contributed by atoms with Crippen LogP contribution >= 0.6 is 11.6 Å². The molecule has 9 heteroatoms. The number of hydrogen-bond donors (Lipinski definition) is 1. The van der Waals surface area contributed by atoms with Crippen LogP contribution in [0.3, 0.4) is 0 Å². The number of ether oxygens (including phenoxy) is 2. The predicted molar refractivity (Wildman–Crippen MR) is 103 cm³/mol. The average Bonchev–Trinajstić information content (AvgIpc) is 3.02. The zero-order valence-corrected chi connectivity index (χ0v) is 15.4. The van der Waals surface area contributed by atoms with Crippen molar-refractivity contribution in [2.45, 2.75) is 33.8 Å². The van der Waals surface area contributed by atoms with Crippen LogP contribution in [0.25, 0.3) is 16.6 Å². The quantitative estimate of drug-likeness (QED) is 0.653. The summed E-state index contributed by atoms with van der Waals surface area (Å²) in [6.07, 6.45) is 2.46. The van der Waals surface area contributed by atoms with Crippen LogP contribution in [0.15, 0.2) is 24.7 Å². The lowest BCUT2D eigenvalue weighted by Gasteiger charge is -2.19. The number of carbonyl (C=O) groups is 2. The number of carbonyl (C=O) groups excluding carboxylic acids is 2. The Hall–Kier alpha value is -2.87. The molecule has 1 amide bonds. The van der Waals surface area contributed by atoms with Crippen molar-refractivity contribution in [3.8, 4) is 0 Å². The molecule has 0 saturated carbocycles. The Morgan fingerprint density at radius 3 is 2.56 bits per heavy atom. The second kappa shape index (κ2) is 7.40. The van der Waals surface area contributed by atoms with Gasteiger partial charge in [-0.1, -0.05) is 19.0 Å². The molecular formula is C18H21ClN4O4. The number of rotatable bonds is 2. The fourth-order valence-electron chi connectivity index (χ4n) is 2.43. The molecule has 27 heavy (non-hydrogen) atoms. The summed E-state index contributed by atoms with van der Waals surface area (Å²) in [6.45, 7) is 5.30. The molecule has 0 spiro atoms. The fraction of sp³-hybridized carbons (Fsp3) is 0.333. The number of nitrogens with zero attached hydrogens (tertiary/aromatic N) is 3. The van der Waals surface area contributed by atoms with Gasteiger partial charge in [0.25, 0.3) is 0 Å². The first-order valence-corrected chi connectivity index (χ1v) is 8.11. The fourth-order valence-corrected chi connectivity index (χ4v) is 2.67. The molecule has 2 aromatic heterocycles. The van der Waals surface area contributed by atoms with E-state index in [4.69, 9.17) is 21.1 Å². The van der Waals surface area contributed by atoms with E-state index in [2.05, 4.69) is 15.3 Å². The summed E-state index contributed by atoms with van der Waals surface area (Å²) in [5.41, 5.74) is 1.18. The first-order chi connectivity index (χ1) is 12.2. The van der Waals surface area contributed by atoms with E-state index >= 15 is 0 Å². The molecule has 0 aliphatic rings. The van der Waals surface area contributed by atoms with Crippen molar-refractivity contribution in [2.75, 3.05) is 12.4 Å². The van der Waals surface area contributed by atoms with Crippen LogP contribution in [-0.4, -0.2) is 39.1 Å². The Balaban J connectivity index is 0.00000261. The van der Waals surface area contributed by atoms with Gasteiger partial charge >= 0.3 is 12.1 Å². The smallest absolute Gasteiger partial charge is 0.413 e. The normalized spacial score (nSPS) is 11.1. The molecule has 0 aliphatic carbocycles. The lowest BCUT2D eigenvalue weighted by Crippen LogP contribution is -2.27. The van der Waals surface area contributed by atoms with Gasteiger partial charge < -0.3 is 9.47 Å². The number of nitrogens with one attached hydrogen (secondary N) is 1. The van der Waals surface area contributed by atoms with Crippen LogP contribution < -0.4 is 5.32 Å². The van der Waals surface area contributed by atoms with Crippen molar-refractivity contribution in [1.82, 2.24) is 14.4 Å². The molecule has 0 fully saturated rings. The number of hydrogen-bond acceptors (Lipinski definition) is 6. The van der Waals surface area contributed by atoms with E-state index in [1.54, 1.807) is 43.8 Å². The lowest BCUT2D eigenvalue weighted by molar-refractivity contribution is 0.0598. The largest absolute Gasteiger partial charge is 0.465 e. The van der Waals surface area contributed by atoms with Gasteiger partial charge in [0.2, 0.25) is 0 Å². The number of halogens is 1. The summed E-state index contributed by atoms with van der Waals surface area (Å²) in [7, 11) is 1.28. The van der Waals surface area contributed by atoms with Crippen molar-refractivity contribution in [1.29, 1.82) is 0 Å². The van der Waals surface area contributed by atoms with Crippen LogP contribution in [0.4, 0.5) is 10.6 Å². The maximum Gasteiger partial charge on any atom is 0.413 e. The average molecular weight is 393 g/mol. The van der Waals surface area contributed by atoms with Gasteiger partial charge in [-0.05, 0) is 32.9 Å². The molecule has 0 bridgehead atoms. The molecular weight excluding hydrogens is 372 g/mol. The van der Waals surface area contributed by atoms with E-state index in [-0.39, 0.29) is 23.8 Å². The Morgan fingerprint density at radius 1 is 1.22 bits per heavy atom. The molecule has 0 radical (unpaired) electrons. The van der Waals surface area contributed by atoms with Crippen LogP contribution in [0.1, 0.15) is 38.6 Å². The van der Waals surface area contributed by atoms with E-state index in [1.807, 2.05) is 0 Å². The number of benzene rings is 1. The summed E-state index contributed by atoms with van der Waals surface area (Å²) < 4.78 is 11.7. The number of methoxy groups -OCH3 is 1. The molecule has 3 aromatic rings. The monoisotopic (exact) mass is 392 g/mol. The third-order valence-corrected chi connectivity index (χ3v) is 3.77. The Morgan fingerprint density at radius 2 is 1.93 bits per heavy atom. The number of esters is 1. The highest BCUT2D eigenvalue weighted by molar-refractivity contribution is 6.34. The van der Waals surface area contributed by atoms with Gasteiger partial charge in [0.1, 0.15) is 11.1 Å². The van der Waals surface area contributed by atoms with Gasteiger partial charge in [-0.2, -0.15) is 0 Å². The molecule has 8 nitrogen and oxygen atoms in total. The van der Waals surface area contributed by atoms with E-state index in [0.29, 0.717) is 16.6 Å². The zero-order chi connectivity index (χ0) is 19.1. The Bertz CT molecular complexity index is 1020. The zero-order valence-electron chi connectivity index (χ0n) is 14.7. The number of anilines is 1. The summed E-state index contributed by atoms with van der Waals surface area (Å²) in [6, 6.07) is 3.10. The summed E-state index contributed by atoms with van der Waals surface area (Å²) in [4.78, 5) is 32.5. The summed E-state index contributed by atoms with van der Waals surface area (Å²) in [5, 5.41) is 2.81. The predicted octanol–water partition coefficient (Wildman–Crippen LogP) is 4.31. The third kappa shape index (κ3) is 4.11. The number of imidazole rings is 1. The topological polar surface area (TPSA) is 94.8 Å². The summed E-state index contributed by atoms with van der Waals surface area (Å²) in [5.74, 6) is -0.285. The van der Waals surface area contributed by atoms with E-state index in [0.717, 1.165) is 0 Å². The van der Waals surface area contributed by atoms with E-state index < -0.39 is 17.7 Å². The molecule has 0 aliphatic heterocycles. The van der Waals surface area contributed by atoms with Crippen LogP contribution in [-0.2, 0) is 9.47 Å². The van der Waals surface area contributed by atoms with Gasteiger partial charge in [0.05, 0.1) is 41.3 Å². The van der Waals surface area contributed by atoms with Crippen molar-refractivity contribution < 1.29 is 19.1 Å². The van der Waals surface area contributed by atoms with Crippen LogP contribution in [0.2, 0.25) is 5.02 Å². The van der Waals surface area contributed by atoms with Crippen LogP contribution in [0, 0.1) is 0 Å². The number of aromatic nitrogens is 3. The van der Waals surface area contributed by atoms with Gasteiger partial charge in [-0.25, -0.2) is 19.6 Å². The highest BCUT2D eigenvalue weighted by Crippen LogP contribution is 2.27. The minimum Gasteiger partial charge on any atom is -0.465 e. The van der Waals surface area contributed by atoms with Crippen LogP contribution in [0.5, 0.6) is 0 Å². The minimum atomic E-state index is -0.643. The molecule has 0 unspecified atom stereocenters. The van der Waals surface area contributed by atoms with Gasteiger partial charge in [0, 0.05) is 0 Å². The Kier molecular flexibility index (Phi) is 5.60. The van der Waals surface area contributed by atoms with E-state index in [9.17, 15) is 9.59 Å². The second-order valence-electron chi connectivity index (χ2n) is 6.55. The highest BCUT2D eigenvalue weighted by Gasteiger charge is 2.20. The molecule has 0 saturated heterocycles. The lowest BCUT2D eigenvalue weighted by atomic mass is 10.2. The van der Waals surface area contributed by atoms with Gasteiger partial charge in [-0.15, -0.1) is 0 Å². The standard InChI is InChI=1S/C17H17ClN4O4.CH4/c1-17(2,3)26-16(24)21-14-13-7-19-8-22(13)12-5-9(15(23)25-4)10(18)6-11(12)20-14;/h5-8H,1-4H3,(H,20,21,24);1H4. The molecule has 0 atom stereocenters. The molecule has 1 aromatic carbocycles. The summed E-state index contributed by atoms with van der Waals surface area (Å²) >= 11 is 6.17. The SMILES string of the molecule is C.COC(=O)c1cc2c(cc1Cl)nc(NC(=O)OC(C)(C)C)c1cncn12. The van der Waals surface area contributed by atoms with Gasteiger partial charge in [0.15, 0.2) is 5.82 Å². The van der Waals surface area contributed by atoms with Gasteiger partial charge in [-0.3, -0.25) is 9.72 Å². The molecule has 3 rings (SSSR count). The van der Waals surface area contributed by atoms with Crippen molar-refractivity contribution in [3.63, 3.8) is 0 Å². The minimum absolute atomic E-state index is 0. The maximum absolute atomic E-state index is 12.1. The Labute approximate surface area is 161 Å². The first kappa shape index (κ1) is 20.4. The second-order valence-corrected chi connectivity index (χ2v) is 6.96. The first-order valence-electron chi connectivity index (χ1n) is 7.73. The molecule has 1 N–H and O–H groups in total. The van der Waals surface area contributed by atoms with E-state index in [1.165, 1.54) is 13.2 Å². The maximum atomic E-state index is 12.1. The van der Waals surface area contributed by atoms with Crippen molar-refractivity contribution in [2.24, 2.45) is 0 Å². The third-order valence-electron chi connectivity index (χ3n) is 3.46. The number of fused-ring (bicyclic) bond motifs is 3. The molecule has 144 valence electrons. The van der Waals surface area contributed by atoms with Crippen molar-refractivity contribution in [3.05, 3.63) is 35.2 Å². The number of amides is 1. The molecule has 2 heterocycles. The van der Waals surface area contributed by atoms with Crippen molar-refractivity contribution >= 4 is 46.0 Å².